The van der Waals surface area contributed by atoms with Crippen LogP contribution in [0.4, 0.5) is 11.4 Å². The van der Waals surface area contributed by atoms with Gasteiger partial charge in [-0.15, -0.1) is 10.2 Å². The van der Waals surface area contributed by atoms with Crippen molar-refractivity contribution in [2.45, 2.75) is 19.9 Å². The number of ether oxygens (including phenoxy) is 8. The van der Waals surface area contributed by atoms with E-state index in [2.05, 4.69) is 66.6 Å². The third-order valence-corrected chi connectivity index (χ3v) is 17.7. The normalized spacial score (nSPS) is 12.4. The molecule has 0 bridgehead atoms. The fraction of sp³-hybridized carbons (Fsp3) is 0.153. The number of aromatic amines is 5. The summed E-state index contributed by atoms with van der Waals surface area (Å²) in [6.45, 7) is 3.81. The van der Waals surface area contributed by atoms with Crippen LogP contribution in [-0.2, 0) is 16.1 Å². The number of nitrogens with zero attached hydrogens (tertiary/aromatic N) is 7. The number of imide groups is 1. The van der Waals surface area contributed by atoms with E-state index in [0.717, 1.165) is 96.7 Å². The minimum atomic E-state index is -0.283. The highest BCUT2D eigenvalue weighted by Crippen LogP contribution is 2.38. The van der Waals surface area contributed by atoms with E-state index in [1.807, 2.05) is 201 Å². The van der Waals surface area contributed by atoms with Gasteiger partial charge in [-0.05, 0) is 129 Å². The van der Waals surface area contributed by atoms with E-state index in [9.17, 15) is 19.2 Å². The number of rotatable bonds is 21. The second-order valence-electron chi connectivity index (χ2n) is 24.6. The van der Waals surface area contributed by atoms with Crippen LogP contribution in [0.1, 0.15) is 50.1 Å². The van der Waals surface area contributed by atoms with Crippen molar-refractivity contribution in [3.63, 3.8) is 0 Å². The van der Waals surface area contributed by atoms with Gasteiger partial charge in [-0.3, -0.25) is 54.6 Å². The molecule has 0 spiro atoms. The molecule has 4 amide bonds. The van der Waals surface area contributed by atoms with Gasteiger partial charge in [-0.1, -0.05) is 109 Å². The molecular weight excluding hydrogens is 1410 g/mol. The van der Waals surface area contributed by atoms with E-state index in [-0.39, 0.29) is 36.1 Å². The standard InChI is InChI=1S/C22H18N4O2.C21H21N3O3.C19H15N3O3.C12H14N2O2.C11H12N2O2/c1-28-21-8-7-17(24-22(27)16-9-11-23-12-10-16)13-18(21)20-14-19(25-26-20)15-5-3-2-4-6-15;1-26-20-8-7-16(22-21(25)15-9-10-27-13-15)11-17(20)19-12-18(23-24-19)14-5-3-2-4-6-14;1-25-17-9-5-4-8-15(17)16-10-12(20-21-16)11-22-18(23)13-6-2-3-7-14(13)19(22)24;1-3-16-12-8-10(13-14-12)9-6-4-5-7-11(9)15-2;1-14-10-6-4-3-5-8(10)9-7-11(15-2)13-12-9/h2-14H,1H3,(H,24,27)(H,25,26);2-8,11-12,15H,9-10,13H2,1H3,(H,22,25)(H,23,24);2-10H,11H2,1H3,(H,20,21);4-8H,3H2,1-2H3,(H,13,14);3-7H,1-2H3,(H,12,13). The number of carbonyl (C=O) groups is 4. The number of hydrogen-bond acceptors (Lipinski definition) is 18. The number of anilines is 2. The van der Waals surface area contributed by atoms with Crippen LogP contribution >= 0.6 is 0 Å². The lowest BCUT2D eigenvalue weighted by Gasteiger charge is -2.12. The molecule has 16 rings (SSSR count). The van der Waals surface area contributed by atoms with Crippen molar-refractivity contribution in [3.8, 4) is 119 Å². The Balaban J connectivity index is 0.000000132. The zero-order valence-corrected chi connectivity index (χ0v) is 61.8. The minimum Gasteiger partial charge on any atom is -0.496 e. The van der Waals surface area contributed by atoms with Crippen molar-refractivity contribution in [1.82, 2.24) is 60.9 Å². The van der Waals surface area contributed by atoms with E-state index < -0.39 is 0 Å². The molecule has 26 heteroatoms. The second kappa shape index (κ2) is 37.2. The molecule has 7 N–H and O–H groups in total. The van der Waals surface area contributed by atoms with Gasteiger partial charge in [0.25, 0.3) is 17.7 Å². The van der Waals surface area contributed by atoms with Gasteiger partial charge < -0.3 is 48.5 Å². The van der Waals surface area contributed by atoms with Crippen LogP contribution < -0.4 is 43.8 Å². The fourth-order valence-electron chi connectivity index (χ4n) is 12.1. The Morgan fingerprint density at radius 1 is 0.432 bits per heavy atom. The van der Waals surface area contributed by atoms with Crippen LogP contribution in [0.5, 0.6) is 40.5 Å². The van der Waals surface area contributed by atoms with Crippen molar-refractivity contribution in [3.05, 3.63) is 271 Å². The zero-order valence-electron chi connectivity index (χ0n) is 61.8. The molecule has 1 saturated heterocycles. The summed E-state index contributed by atoms with van der Waals surface area (Å²) in [4.78, 5) is 54.8. The van der Waals surface area contributed by atoms with Crippen molar-refractivity contribution in [2.75, 3.05) is 73.1 Å². The van der Waals surface area contributed by atoms with Gasteiger partial charge in [-0.25, -0.2) is 0 Å². The average Bonchev–Trinajstić information content (AvgIpc) is 1.64. The van der Waals surface area contributed by atoms with Gasteiger partial charge in [0.1, 0.15) is 28.7 Å². The largest absolute Gasteiger partial charge is 0.496 e. The van der Waals surface area contributed by atoms with Crippen LogP contribution in [0.15, 0.2) is 249 Å². The topological polar surface area (TPSA) is 326 Å². The Kier molecular flexibility index (Phi) is 25.6. The first-order valence-corrected chi connectivity index (χ1v) is 35.2. The maximum atomic E-state index is 12.4. The highest BCUT2D eigenvalue weighted by Gasteiger charge is 2.35. The van der Waals surface area contributed by atoms with E-state index in [1.54, 1.807) is 97.5 Å². The number of H-pyrrole nitrogens is 5. The van der Waals surface area contributed by atoms with Crippen LogP contribution in [0, 0.1) is 5.92 Å². The summed E-state index contributed by atoms with van der Waals surface area (Å²) in [6, 6.07) is 73.6. The van der Waals surface area contributed by atoms with Crippen LogP contribution in [0.25, 0.3) is 78.8 Å². The number of fused-ring (bicyclic) bond motifs is 1. The lowest BCUT2D eigenvalue weighted by Crippen LogP contribution is -2.29. The molecular formula is C85H80N14O12. The first kappa shape index (κ1) is 76.3. The first-order valence-electron chi connectivity index (χ1n) is 35.2. The fourth-order valence-corrected chi connectivity index (χ4v) is 12.1. The average molecular weight is 1490 g/mol. The summed E-state index contributed by atoms with van der Waals surface area (Å²) >= 11 is 0. The maximum Gasteiger partial charge on any atom is 0.261 e. The SMILES string of the molecule is CCOc1cc(-c2ccccc2OC)[nH]n1.COc1cc(-c2ccccc2OC)[nH]n1.COc1ccc(NC(=O)C2CCOC2)cc1-c1cc(-c2ccccc2)n[nH]1.COc1ccc(NC(=O)c2ccncc2)cc1-c1cc(-c2ccccc2)n[nH]1.COc1ccccc1-c1cc(CN2C(=O)c3ccccc3C2=O)[nH]n1. The molecule has 1 atom stereocenters. The van der Waals surface area contributed by atoms with Gasteiger partial charge in [0.15, 0.2) is 0 Å². The third kappa shape index (κ3) is 18.9. The number of para-hydroxylation sites is 3. The molecule has 0 saturated carbocycles. The summed E-state index contributed by atoms with van der Waals surface area (Å²) in [7, 11) is 9.72. The number of nitrogens with one attached hydrogen (secondary N) is 7. The van der Waals surface area contributed by atoms with Gasteiger partial charge in [-0.2, -0.15) is 15.3 Å². The Labute approximate surface area is 639 Å². The van der Waals surface area contributed by atoms with Crippen molar-refractivity contribution in [2.24, 2.45) is 5.92 Å². The molecule has 26 nitrogen and oxygen atoms in total. The molecule has 6 aromatic heterocycles. The van der Waals surface area contributed by atoms with E-state index in [4.69, 9.17) is 37.9 Å². The molecule has 8 heterocycles. The second-order valence-corrected chi connectivity index (χ2v) is 24.6. The number of hydrogen-bond donors (Lipinski definition) is 7. The molecule has 1 unspecified atom stereocenters. The van der Waals surface area contributed by atoms with Crippen molar-refractivity contribution in [1.29, 1.82) is 0 Å². The Hall–Kier alpha value is -14.4. The number of benzene rings is 8. The van der Waals surface area contributed by atoms with Crippen molar-refractivity contribution >= 4 is 35.0 Å². The third-order valence-electron chi connectivity index (χ3n) is 17.7. The summed E-state index contributed by atoms with van der Waals surface area (Å²) in [6.07, 6.45) is 3.93. The van der Waals surface area contributed by atoms with E-state index in [1.165, 1.54) is 4.90 Å². The van der Waals surface area contributed by atoms with Crippen LogP contribution in [0.2, 0.25) is 0 Å². The summed E-state index contributed by atoms with van der Waals surface area (Å²) in [5.74, 6) is 4.02. The minimum absolute atomic E-state index is 0.0156. The smallest absolute Gasteiger partial charge is 0.261 e. The predicted octanol–water partition coefficient (Wildman–Crippen LogP) is 15.6. The van der Waals surface area contributed by atoms with Gasteiger partial charge >= 0.3 is 0 Å². The Morgan fingerprint density at radius 3 is 1.35 bits per heavy atom. The monoisotopic (exact) mass is 1490 g/mol. The van der Waals surface area contributed by atoms with Gasteiger partial charge in [0.05, 0.1) is 125 Å². The first-order chi connectivity index (χ1) is 54.4. The Bertz CT molecular complexity index is 5390. The molecule has 0 aliphatic carbocycles. The maximum absolute atomic E-state index is 12.4. The van der Waals surface area contributed by atoms with E-state index >= 15 is 0 Å². The van der Waals surface area contributed by atoms with Crippen LogP contribution in [0.3, 0.4) is 0 Å². The molecule has 2 aliphatic heterocycles. The van der Waals surface area contributed by atoms with Crippen molar-refractivity contribution < 1.29 is 57.1 Å². The molecule has 562 valence electrons. The molecule has 14 aromatic rings. The summed E-state index contributed by atoms with van der Waals surface area (Å²) < 4.78 is 42.5. The molecule has 111 heavy (non-hydrogen) atoms. The molecule has 2 aliphatic rings. The van der Waals surface area contributed by atoms with Gasteiger partial charge in [0, 0.05) is 87.0 Å². The molecule has 0 radical (unpaired) electrons. The lowest BCUT2D eigenvalue weighted by atomic mass is 10.1. The quantitative estimate of drug-likeness (QED) is 0.0329. The highest BCUT2D eigenvalue weighted by molar-refractivity contribution is 6.21. The number of carbonyl (C=O) groups excluding carboxylic acids is 4. The lowest BCUT2D eigenvalue weighted by molar-refractivity contribution is -0.119. The summed E-state index contributed by atoms with van der Waals surface area (Å²) in [5.41, 5.74) is 15.8. The number of aromatic nitrogens is 11. The number of amides is 4. The number of pyridine rings is 1. The van der Waals surface area contributed by atoms with E-state index in [0.29, 0.717) is 82.6 Å². The van der Waals surface area contributed by atoms with Crippen LogP contribution in [-0.4, -0.2) is 147 Å². The number of methoxy groups -OCH3 is 6. The molecule has 1 fully saturated rings. The summed E-state index contributed by atoms with van der Waals surface area (Å²) in [5, 5.41) is 41.8. The Morgan fingerprint density at radius 2 is 0.865 bits per heavy atom. The highest BCUT2D eigenvalue weighted by atomic mass is 16.5. The molecule has 8 aromatic carbocycles. The van der Waals surface area contributed by atoms with Gasteiger partial charge in [0.2, 0.25) is 17.7 Å². The predicted molar refractivity (Wildman–Crippen MR) is 422 cm³/mol. The zero-order chi connectivity index (χ0) is 77.4.